The fourth-order valence-corrected chi connectivity index (χ4v) is 5.46. The van der Waals surface area contributed by atoms with Crippen molar-refractivity contribution in [2.75, 3.05) is 86.8 Å². The van der Waals surface area contributed by atoms with E-state index < -0.39 is 0 Å². The van der Waals surface area contributed by atoms with Crippen LogP contribution in [0, 0.1) is 6.92 Å². The number of rotatable bonds is 8. The number of nitrogens with zero attached hydrogens (tertiary/aromatic N) is 8. The fourth-order valence-electron chi connectivity index (χ4n) is 5.46. The van der Waals surface area contributed by atoms with Crippen LogP contribution in [0.3, 0.4) is 0 Å². The van der Waals surface area contributed by atoms with Crippen LogP contribution in [0.4, 0.5) is 29.1 Å². The molecule has 2 aliphatic heterocycles. The molecule has 0 radical (unpaired) electrons. The van der Waals surface area contributed by atoms with E-state index in [0.717, 1.165) is 82.5 Å². The van der Waals surface area contributed by atoms with Crippen LogP contribution in [-0.4, -0.2) is 111 Å². The molecule has 0 bridgehead atoms. The van der Waals surface area contributed by atoms with Crippen molar-refractivity contribution in [1.29, 1.82) is 0 Å². The van der Waals surface area contributed by atoms with E-state index in [0.29, 0.717) is 40.0 Å². The molecule has 2 saturated heterocycles. The zero-order valence-corrected chi connectivity index (χ0v) is 26.4. The van der Waals surface area contributed by atoms with Crippen molar-refractivity contribution in [2.24, 2.45) is 0 Å². The summed E-state index contributed by atoms with van der Waals surface area (Å²) in [4.78, 5) is 38.6. The number of amides is 1. The number of piperazine rings is 1. The van der Waals surface area contributed by atoms with Gasteiger partial charge in [-0.1, -0.05) is 26.8 Å². The lowest BCUT2D eigenvalue weighted by Gasteiger charge is -2.36. The minimum Gasteiger partial charge on any atom is -0.382 e. The summed E-state index contributed by atoms with van der Waals surface area (Å²) in [6.45, 7) is 17.4. The van der Waals surface area contributed by atoms with E-state index in [-0.39, 0.29) is 11.3 Å². The number of ether oxygens (including phenoxy) is 1. The molecule has 4 aromatic rings. The van der Waals surface area contributed by atoms with Crippen molar-refractivity contribution < 1.29 is 9.53 Å². The van der Waals surface area contributed by atoms with Gasteiger partial charge in [-0.15, -0.1) is 0 Å². The molecule has 6 rings (SSSR count). The number of nitrogens with two attached hydrogens (primary N) is 1. The third-order valence-electron chi connectivity index (χ3n) is 8.34. The number of nitrogens with one attached hydrogen (secondary N) is 3. The Morgan fingerprint density at radius 2 is 1.71 bits per heavy atom. The second kappa shape index (κ2) is 12.9. The topological polar surface area (TPSA) is 166 Å². The van der Waals surface area contributed by atoms with Gasteiger partial charge in [0, 0.05) is 75.1 Å². The predicted molar refractivity (Wildman–Crippen MR) is 175 cm³/mol. The Morgan fingerprint density at radius 1 is 0.978 bits per heavy atom. The number of hydrogen-bond donors (Lipinski definition) is 4. The summed E-state index contributed by atoms with van der Waals surface area (Å²) in [6, 6.07) is 7.32. The summed E-state index contributed by atoms with van der Waals surface area (Å²) in [5.41, 5.74) is 10.3. The Labute approximate surface area is 262 Å². The van der Waals surface area contributed by atoms with Crippen LogP contribution in [-0.2, 0) is 10.2 Å². The van der Waals surface area contributed by atoms with E-state index in [1.165, 1.54) is 6.33 Å². The molecule has 1 aromatic carbocycles. The summed E-state index contributed by atoms with van der Waals surface area (Å²) >= 11 is 0. The van der Waals surface area contributed by atoms with Gasteiger partial charge in [0.25, 0.3) is 5.91 Å². The number of H-pyrrole nitrogens is 1. The van der Waals surface area contributed by atoms with Gasteiger partial charge in [-0.25, -0.2) is 15.0 Å². The van der Waals surface area contributed by atoms with Crippen molar-refractivity contribution in [3.63, 3.8) is 0 Å². The number of aryl methyl sites for hydroxylation is 1. The average molecular weight is 615 g/mol. The maximum Gasteiger partial charge on any atom is 0.256 e. The van der Waals surface area contributed by atoms with Gasteiger partial charge in [0.05, 0.1) is 18.9 Å². The predicted octanol–water partition coefficient (Wildman–Crippen LogP) is 2.78. The number of carbonyl (C=O) groups is 1. The van der Waals surface area contributed by atoms with Crippen LogP contribution < -0.4 is 21.3 Å². The molecule has 0 unspecified atom stereocenters. The molecule has 0 spiro atoms. The number of hydrogen-bond acceptors (Lipinski definition) is 12. The van der Waals surface area contributed by atoms with Crippen molar-refractivity contribution >= 4 is 46.0 Å². The number of benzene rings is 1. The highest BCUT2D eigenvalue weighted by molar-refractivity contribution is 6.04. The van der Waals surface area contributed by atoms with Gasteiger partial charge in [0.15, 0.2) is 11.6 Å². The SMILES string of the molecule is Cc1ccc(C(=O)Nc2cc(C(C)(C)C)n[nH]2)cc1Nc1ncnc2c(N)nc(N3CCN(CCN4CCOCC4)CC3)nc12. The van der Waals surface area contributed by atoms with Crippen molar-refractivity contribution in [3.8, 4) is 0 Å². The Hall–Kier alpha value is -4.40. The summed E-state index contributed by atoms with van der Waals surface area (Å²) < 4.78 is 5.47. The first-order chi connectivity index (χ1) is 21.6. The molecule has 14 nitrogen and oxygen atoms in total. The van der Waals surface area contributed by atoms with E-state index in [1.807, 2.05) is 19.1 Å². The molecule has 0 aliphatic carbocycles. The third kappa shape index (κ3) is 7.13. The lowest BCUT2D eigenvalue weighted by atomic mass is 9.92. The first-order valence-corrected chi connectivity index (χ1v) is 15.4. The molecule has 14 heteroatoms. The molecular weight excluding hydrogens is 572 g/mol. The summed E-state index contributed by atoms with van der Waals surface area (Å²) in [6.07, 6.45) is 1.44. The number of aromatic nitrogens is 6. The second-order valence-corrected chi connectivity index (χ2v) is 12.6. The van der Waals surface area contributed by atoms with Crippen LogP contribution in [0.2, 0.25) is 0 Å². The van der Waals surface area contributed by atoms with Gasteiger partial charge in [-0.3, -0.25) is 19.7 Å². The molecule has 238 valence electrons. The minimum atomic E-state index is -0.257. The Kier molecular flexibility index (Phi) is 8.79. The monoisotopic (exact) mass is 614 g/mol. The molecule has 2 aliphatic rings. The number of morpholine rings is 1. The van der Waals surface area contributed by atoms with Gasteiger partial charge in [0.2, 0.25) is 5.95 Å². The molecule has 3 aromatic heterocycles. The third-order valence-corrected chi connectivity index (χ3v) is 8.34. The van der Waals surface area contributed by atoms with Crippen LogP contribution in [0.15, 0.2) is 30.6 Å². The Bertz CT molecular complexity index is 1650. The largest absolute Gasteiger partial charge is 0.382 e. The van der Waals surface area contributed by atoms with Gasteiger partial charge < -0.3 is 26.0 Å². The number of fused-ring (bicyclic) bond motifs is 1. The Morgan fingerprint density at radius 3 is 2.42 bits per heavy atom. The first kappa shape index (κ1) is 30.6. The molecule has 0 saturated carbocycles. The highest BCUT2D eigenvalue weighted by Crippen LogP contribution is 2.29. The molecule has 2 fully saturated rings. The van der Waals surface area contributed by atoms with E-state index in [2.05, 4.69) is 71.3 Å². The summed E-state index contributed by atoms with van der Waals surface area (Å²) in [5, 5.41) is 13.5. The van der Waals surface area contributed by atoms with Crippen LogP contribution >= 0.6 is 0 Å². The molecule has 1 amide bonds. The van der Waals surface area contributed by atoms with Crippen molar-refractivity contribution in [3.05, 3.63) is 47.4 Å². The van der Waals surface area contributed by atoms with E-state index in [1.54, 1.807) is 12.1 Å². The number of anilines is 5. The van der Waals surface area contributed by atoms with Crippen molar-refractivity contribution in [2.45, 2.75) is 33.1 Å². The number of carbonyl (C=O) groups excluding carboxylic acids is 1. The van der Waals surface area contributed by atoms with Gasteiger partial charge in [-0.05, 0) is 24.6 Å². The molecule has 5 N–H and O–H groups in total. The van der Waals surface area contributed by atoms with Crippen molar-refractivity contribution in [1.82, 2.24) is 39.9 Å². The molecular formula is C31H42N12O2. The average Bonchev–Trinajstić information content (AvgIpc) is 3.51. The van der Waals surface area contributed by atoms with Crippen LogP contribution in [0.1, 0.15) is 42.4 Å². The van der Waals surface area contributed by atoms with E-state index >= 15 is 0 Å². The fraction of sp³-hybridized carbons (Fsp3) is 0.484. The van der Waals surface area contributed by atoms with Gasteiger partial charge in [0.1, 0.15) is 23.2 Å². The molecule has 5 heterocycles. The highest BCUT2D eigenvalue weighted by atomic mass is 16.5. The Balaban J connectivity index is 1.16. The highest BCUT2D eigenvalue weighted by Gasteiger charge is 2.23. The lowest BCUT2D eigenvalue weighted by Crippen LogP contribution is -2.49. The first-order valence-electron chi connectivity index (χ1n) is 15.4. The van der Waals surface area contributed by atoms with E-state index in [4.69, 9.17) is 15.5 Å². The summed E-state index contributed by atoms with van der Waals surface area (Å²) in [5.74, 6) is 1.63. The standard InChI is InChI=1S/C31H42N12O2/c1-20-5-6-21(29(44)36-24-18-23(39-40-24)31(2,3)4)17-22(20)35-28-26-25(33-19-34-28)27(32)38-30(37-26)43-11-9-41(10-12-43)7-8-42-13-15-45-16-14-42/h5-6,17-19H,7-16H2,1-4H3,(H2,32,37,38)(H,33,34,35)(H2,36,39,40,44). The van der Waals surface area contributed by atoms with Gasteiger partial charge in [-0.2, -0.15) is 10.1 Å². The minimum absolute atomic E-state index is 0.134. The second-order valence-electron chi connectivity index (χ2n) is 12.6. The summed E-state index contributed by atoms with van der Waals surface area (Å²) in [7, 11) is 0. The van der Waals surface area contributed by atoms with E-state index in [9.17, 15) is 4.79 Å². The maximum absolute atomic E-state index is 13.1. The van der Waals surface area contributed by atoms with Crippen LogP contribution in [0.5, 0.6) is 0 Å². The number of nitrogen functional groups attached to an aromatic ring is 1. The maximum atomic E-state index is 13.1. The lowest BCUT2D eigenvalue weighted by molar-refractivity contribution is 0.0331. The zero-order chi connectivity index (χ0) is 31.6. The van der Waals surface area contributed by atoms with Gasteiger partial charge >= 0.3 is 0 Å². The molecule has 45 heavy (non-hydrogen) atoms. The normalized spacial score (nSPS) is 16.7. The smallest absolute Gasteiger partial charge is 0.256 e. The zero-order valence-electron chi connectivity index (χ0n) is 26.4. The number of aromatic amines is 1. The van der Waals surface area contributed by atoms with Crippen LogP contribution in [0.25, 0.3) is 11.0 Å². The quantitative estimate of drug-likeness (QED) is 0.230. The molecule has 0 atom stereocenters.